The van der Waals surface area contributed by atoms with Crippen molar-refractivity contribution in [2.45, 2.75) is 52.1 Å². The van der Waals surface area contributed by atoms with Crippen LogP contribution in [0.2, 0.25) is 10.2 Å². The molecule has 5 heteroatoms. The number of aromatic nitrogens is 1. The number of hydrogen-bond acceptors (Lipinski definition) is 3. The minimum Gasteiger partial charge on any atom is -0.313 e. The Labute approximate surface area is 138 Å². The fraction of sp³-hybridized carbons (Fsp3) is 0.688. The number of aryl methyl sites for hydroxylation is 1. The summed E-state index contributed by atoms with van der Waals surface area (Å²) >= 11 is 12.7. The molecule has 0 amide bonds. The summed E-state index contributed by atoms with van der Waals surface area (Å²) in [6, 6.07) is 2.49. The predicted molar refractivity (Wildman–Crippen MR) is 90.2 cm³/mol. The first-order valence-corrected chi connectivity index (χ1v) is 8.63. The number of unbranched alkanes of at least 4 members (excludes halogenated alkanes) is 1. The second-order valence-corrected chi connectivity index (χ2v) is 6.66. The Balaban J connectivity index is 2.06. The molecule has 0 radical (unpaired) electrons. The molecule has 1 saturated heterocycles. The quantitative estimate of drug-likeness (QED) is 0.765. The zero-order valence-corrected chi connectivity index (χ0v) is 14.5. The zero-order chi connectivity index (χ0) is 15.2. The van der Waals surface area contributed by atoms with Gasteiger partial charge in [-0.15, -0.1) is 0 Å². The van der Waals surface area contributed by atoms with Crippen LogP contribution in [0.25, 0.3) is 0 Å². The summed E-state index contributed by atoms with van der Waals surface area (Å²) in [6.07, 6.45) is 4.93. The first-order chi connectivity index (χ1) is 10.1. The molecule has 1 atom stereocenters. The molecule has 21 heavy (non-hydrogen) atoms. The van der Waals surface area contributed by atoms with Crippen LogP contribution in [0.5, 0.6) is 0 Å². The van der Waals surface area contributed by atoms with Crippen molar-refractivity contribution in [3.8, 4) is 0 Å². The fourth-order valence-corrected chi connectivity index (χ4v) is 3.48. The Hall–Kier alpha value is -0.350. The summed E-state index contributed by atoms with van der Waals surface area (Å²) in [4.78, 5) is 6.79. The lowest BCUT2D eigenvalue weighted by Gasteiger charge is -2.26. The monoisotopic (exact) mass is 329 g/mol. The highest BCUT2D eigenvalue weighted by Gasteiger charge is 2.19. The average Bonchev–Trinajstić information content (AvgIpc) is 2.92. The third-order valence-electron chi connectivity index (χ3n) is 4.00. The summed E-state index contributed by atoms with van der Waals surface area (Å²) in [5.74, 6) is 0. The number of pyridine rings is 1. The molecule has 2 heterocycles. The van der Waals surface area contributed by atoms with Crippen molar-refractivity contribution in [1.82, 2.24) is 15.2 Å². The van der Waals surface area contributed by atoms with E-state index in [-0.39, 0.29) is 0 Å². The molecule has 0 bridgehead atoms. The Morgan fingerprint density at radius 3 is 2.86 bits per heavy atom. The van der Waals surface area contributed by atoms with E-state index in [1.165, 1.54) is 25.7 Å². The lowest BCUT2D eigenvalue weighted by Crippen LogP contribution is -2.37. The zero-order valence-electron chi connectivity index (χ0n) is 13.0. The van der Waals surface area contributed by atoms with Gasteiger partial charge in [0.1, 0.15) is 5.15 Å². The molecule has 1 aliphatic heterocycles. The van der Waals surface area contributed by atoms with Crippen LogP contribution in [0, 0.1) is 6.92 Å². The van der Waals surface area contributed by atoms with Gasteiger partial charge in [-0.1, -0.05) is 36.5 Å². The van der Waals surface area contributed by atoms with Crippen LogP contribution in [0.15, 0.2) is 6.07 Å². The Morgan fingerprint density at radius 2 is 2.24 bits per heavy atom. The van der Waals surface area contributed by atoms with Crippen molar-refractivity contribution in [2.75, 3.05) is 19.6 Å². The van der Waals surface area contributed by atoms with Gasteiger partial charge >= 0.3 is 0 Å². The molecule has 3 nitrogen and oxygen atoms in total. The molecule has 1 aromatic rings. The van der Waals surface area contributed by atoms with Gasteiger partial charge in [0.15, 0.2) is 0 Å². The number of hydrogen-bond donors (Lipinski definition) is 1. The van der Waals surface area contributed by atoms with Gasteiger partial charge < -0.3 is 5.32 Å². The van der Waals surface area contributed by atoms with E-state index in [4.69, 9.17) is 23.2 Å². The van der Waals surface area contributed by atoms with E-state index in [0.717, 1.165) is 42.5 Å². The summed E-state index contributed by atoms with van der Waals surface area (Å²) in [5.41, 5.74) is 1.82. The lowest BCUT2D eigenvalue weighted by molar-refractivity contribution is 0.237. The Morgan fingerprint density at radius 1 is 1.43 bits per heavy atom. The maximum Gasteiger partial charge on any atom is 0.135 e. The predicted octanol–water partition coefficient (Wildman–Crippen LogP) is 4.05. The average molecular weight is 330 g/mol. The first kappa shape index (κ1) is 17.0. The molecule has 2 rings (SSSR count). The van der Waals surface area contributed by atoms with Gasteiger partial charge in [-0.25, -0.2) is 4.98 Å². The van der Waals surface area contributed by atoms with Crippen LogP contribution in [0.3, 0.4) is 0 Å². The summed E-state index contributed by atoms with van der Waals surface area (Å²) in [6.45, 7) is 8.19. The van der Waals surface area contributed by atoms with Crippen LogP contribution in [-0.2, 0) is 6.54 Å². The molecule has 0 saturated carbocycles. The van der Waals surface area contributed by atoms with Gasteiger partial charge in [0.25, 0.3) is 0 Å². The van der Waals surface area contributed by atoms with E-state index >= 15 is 0 Å². The molecular formula is C16H25Cl2N3. The second kappa shape index (κ2) is 8.33. The van der Waals surface area contributed by atoms with E-state index in [0.29, 0.717) is 11.2 Å². The minimum atomic E-state index is 0.542. The highest BCUT2D eigenvalue weighted by atomic mass is 35.5. The van der Waals surface area contributed by atoms with Gasteiger partial charge in [0.2, 0.25) is 0 Å². The van der Waals surface area contributed by atoms with Crippen LogP contribution < -0.4 is 5.32 Å². The molecular weight excluding hydrogens is 305 g/mol. The largest absolute Gasteiger partial charge is 0.313 e. The van der Waals surface area contributed by atoms with Gasteiger partial charge in [-0.05, 0) is 45.3 Å². The van der Waals surface area contributed by atoms with Crippen LogP contribution >= 0.6 is 23.2 Å². The van der Waals surface area contributed by atoms with Crippen molar-refractivity contribution < 1.29 is 0 Å². The SMILES string of the molecule is CCCCN(Cc1c(Cl)cc(C)nc1Cl)CC1CCCN1. The molecule has 1 N–H and O–H groups in total. The first-order valence-electron chi connectivity index (χ1n) is 7.87. The number of rotatable bonds is 7. The highest BCUT2D eigenvalue weighted by Crippen LogP contribution is 2.25. The van der Waals surface area contributed by atoms with Gasteiger partial charge in [-0.3, -0.25) is 4.90 Å². The molecule has 0 spiro atoms. The highest BCUT2D eigenvalue weighted by molar-refractivity contribution is 6.35. The molecule has 0 aromatic carbocycles. The van der Waals surface area contributed by atoms with E-state index in [9.17, 15) is 0 Å². The van der Waals surface area contributed by atoms with Crippen molar-refractivity contribution in [3.05, 3.63) is 27.5 Å². The third kappa shape index (κ3) is 5.10. The smallest absolute Gasteiger partial charge is 0.135 e. The van der Waals surface area contributed by atoms with Gasteiger partial charge in [0, 0.05) is 35.4 Å². The molecule has 1 fully saturated rings. The summed E-state index contributed by atoms with van der Waals surface area (Å²) < 4.78 is 0. The number of halogens is 2. The van der Waals surface area contributed by atoms with Crippen molar-refractivity contribution >= 4 is 23.2 Å². The van der Waals surface area contributed by atoms with Crippen molar-refractivity contribution in [2.24, 2.45) is 0 Å². The number of nitrogens with zero attached hydrogens (tertiary/aromatic N) is 2. The standard InChI is InChI=1S/C16H25Cl2N3/c1-3-4-8-21(10-13-6-5-7-19-13)11-14-15(17)9-12(2)20-16(14)18/h9,13,19H,3-8,10-11H2,1-2H3. The fourth-order valence-electron chi connectivity index (χ4n) is 2.83. The van der Waals surface area contributed by atoms with Crippen LogP contribution in [0.1, 0.15) is 43.9 Å². The molecule has 1 aromatic heterocycles. The van der Waals surface area contributed by atoms with Crippen LogP contribution in [-0.4, -0.2) is 35.6 Å². The number of nitrogens with one attached hydrogen (secondary N) is 1. The van der Waals surface area contributed by atoms with Crippen molar-refractivity contribution in [3.63, 3.8) is 0 Å². The van der Waals surface area contributed by atoms with E-state index < -0.39 is 0 Å². The Kier molecular flexibility index (Phi) is 6.74. The molecule has 0 aliphatic carbocycles. The maximum atomic E-state index is 6.36. The van der Waals surface area contributed by atoms with E-state index in [1.807, 2.05) is 13.0 Å². The Bertz CT molecular complexity index is 436. The van der Waals surface area contributed by atoms with E-state index in [2.05, 4.69) is 22.1 Å². The normalized spacial score (nSPS) is 18.6. The molecule has 1 aliphatic rings. The van der Waals surface area contributed by atoms with Gasteiger partial charge in [-0.2, -0.15) is 0 Å². The lowest BCUT2D eigenvalue weighted by atomic mass is 10.1. The second-order valence-electron chi connectivity index (χ2n) is 5.90. The summed E-state index contributed by atoms with van der Waals surface area (Å²) in [7, 11) is 0. The third-order valence-corrected chi connectivity index (χ3v) is 4.65. The minimum absolute atomic E-state index is 0.542. The summed E-state index contributed by atoms with van der Waals surface area (Å²) in [5, 5.41) is 4.84. The van der Waals surface area contributed by atoms with Crippen molar-refractivity contribution in [1.29, 1.82) is 0 Å². The molecule has 118 valence electrons. The van der Waals surface area contributed by atoms with Gasteiger partial charge in [0.05, 0.1) is 0 Å². The maximum absolute atomic E-state index is 6.36. The topological polar surface area (TPSA) is 28.2 Å². The van der Waals surface area contributed by atoms with Crippen LogP contribution in [0.4, 0.5) is 0 Å². The molecule has 1 unspecified atom stereocenters. The van der Waals surface area contributed by atoms with E-state index in [1.54, 1.807) is 0 Å².